The van der Waals surface area contributed by atoms with Crippen LogP contribution in [-0.4, -0.2) is 23.7 Å². The fourth-order valence-electron chi connectivity index (χ4n) is 3.20. The minimum Gasteiger partial charge on any atom is -0.496 e. The van der Waals surface area contributed by atoms with Crippen LogP contribution in [0.3, 0.4) is 0 Å². The summed E-state index contributed by atoms with van der Waals surface area (Å²) in [7, 11) is 1.48. The number of rotatable bonds is 7. The maximum Gasteiger partial charge on any atom is 0.369 e. The van der Waals surface area contributed by atoms with E-state index in [1.54, 1.807) is 36.4 Å². The van der Waals surface area contributed by atoms with Crippen molar-refractivity contribution < 1.29 is 19.3 Å². The molecule has 3 aromatic carbocycles. The third-order valence-corrected chi connectivity index (χ3v) is 4.78. The number of benzene rings is 3. The molecule has 0 unspecified atom stereocenters. The summed E-state index contributed by atoms with van der Waals surface area (Å²) in [6.45, 7) is 3.95. The van der Waals surface area contributed by atoms with Crippen LogP contribution < -0.4 is 4.74 Å². The quantitative estimate of drug-likeness (QED) is 0.232. The van der Waals surface area contributed by atoms with Crippen LogP contribution in [0.15, 0.2) is 71.9 Å². The number of methoxy groups -OCH3 is 1. The summed E-state index contributed by atoms with van der Waals surface area (Å²) in [5.41, 5.74) is 4.53. The molecule has 0 aromatic heterocycles. The zero-order chi connectivity index (χ0) is 22.4. The molecule has 3 aromatic rings. The van der Waals surface area contributed by atoms with Gasteiger partial charge in [-0.25, -0.2) is 4.79 Å². The zero-order valence-electron chi connectivity index (χ0n) is 17.5. The van der Waals surface area contributed by atoms with Gasteiger partial charge in [-0.2, -0.15) is 0 Å². The molecule has 0 fully saturated rings. The molecule has 0 saturated heterocycles. The number of hydrogen-bond acceptors (Lipinski definition) is 6. The van der Waals surface area contributed by atoms with Crippen LogP contribution in [-0.2, 0) is 11.3 Å². The summed E-state index contributed by atoms with van der Waals surface area (Å²) >= 11 is 0. The molecule has 158 valence electrons. The van der Waals surface area contributed by atoms with Gasteiger partial charge in [0.05, 0.1) is 17.7 Å². The molecule has 0 aliphatic carbocycles. The SMILES string of the molecule is COc1ccccc1C(=O)O/N=C(\Cc1ccc([N+](=O)[O-])cc1)c1ccc(C)cc1C. The van der Waals surface area contributed by atoms with Gasteiger partial charge in [0, 0.05) is 24.1 Å². The number of non-ortho nitro benzene ring substituents is 1. The summed E-state index contributed by atoms with van der Waals surface area (Å²) in [4.78, 5) is 28.3. The highest BCUT2D eigenvalue weighted by Crippen LogP contribution is 2.20. The maximum atomic E-state index is 12.6. The smallest absolute Gasteiger partial charge is 0.369 e. The van der Waals surface area contributed by atoms with Crippen molar-refractivity contribution in [3.63, 3.8) is 0 Å². The van der Waals surface area contributed by atoms with Crippen LogP contribution in [0.5, 0.6) is 5.75 Å². The molecule has 7 nitrogen and oxygen atoms in total. The van der Waals surface area contributed by atoms with Crippen molar-refractivity contribution in [2.45, 2.75) is 20.3 Å². The molecule has 0 heterocycles. The summed E-state index contributed by atoms with van der Waals surface area (Å²) in [6, 6.07) is 18.8. The second-order valence-corrected chi connectivity index (χ2v) is 7.04. The van der Waals surface area contributed by atoms with E-state index < -0.39 is 10.9 Å². The second-order valence-electron chi connectivity index (χ2n) is 7.04. The fourth-order valence-corrected chi connectivity index (χ4v) is 3.20. The minimum atomic E-state index is -0.636. The fraction of sp³-hybridized carbons (Fsp3) is 0.167. The average Bonchev–Trinajstić information content (AvgIpc) is 2.77. The van der Waals surface area contributed by atoms with Gasteiger partial charge in [0.2, 0.25) is 0 Å². The molecule has 0 bridgehead atoms. The van der Waals surface area contributed by atoms with Crippen LogP contribution in [0.1, 0.15) is 32.6 Å². The Hall–Kier alpha value is -4.00. The van der Waals surface area contributed by atoms with E-state index in [-0.39, 0.29) is 11.3 Å². The molecule has 0 amide bonds. The average molecular weight is 418 g/mol. The molecule has 0 saturated carbocycles. The first-order chi connectivity index (χ1) is 14.9. The summed E-state index contributed by atoms with van der Waals surface area (Å²) in [6.07, 6.45) is 0.334. The van der Waals surface area contributed by atoms with Crippen molar-refractivity contribution in [2.24, 2.45) is 5.16 Å². The molecule has 7 heteroatoms. The molecule has 0 radical (unpaired) electrons. The zero-order valence-corrected chi connectivity index (χ0v) is 17.5. The van der Waals surface area contributed by atoms with Crippen LogP contribution in [0.25, 0.3) is 0 Å². The molecule has 0 spiro atoms. The monoisotopic (exact) mass is 418 g/mol. The van der Waals surface area contributed by atoms with Crippen molar-refractivity contribution >= 4 is 17.4 Å². The topological polar surface area (TPSA) is 91.0 Å². The van der Waals surface area contributed by atoms with Crippen LogP contribution in [0, 0.1) is 24.0 Å². The maximum absolute atomic E-state index is 12.6. The van der Waals surface area contributed by atoms with E-state index in [1.165, 1.54) is 19.2 Å². The van der Waals surface area contributed by atoms with Crippen LogP contribution in [0.4, 0.5) is 5.69 Å². The lowest BCUT2D eigenvalue weighted by Crippen LogP contribution is -2.11. The number of carbonyl (C=O) groups is 1. The molecule has 0 N–H and O–H groups in total. The van der Waals surface area contributed by atoms with Gasteiger partial charge in [-0.05, 0) is 37.1 Å². The highest BCUT2D eigenvalue weighted by Gasteiger charge is 2.16. The summed E-state index contributed by atoms with van der Waals surface area (Å²) < 4.78 is 5.21. The third-order valence-electron chi connectivity index (χ3n) is 4.78. The van der Waals surface area contributed by atoms with Crippen molar-refractivity contribution in [1.29, 1.82) is 0 Å². The molecule has 31 heavy (non-hydrogen) atoms. The largest absolute Gasteiger partial charge is 0.496 e. The Kier molecular flexibility index (Phi) is 6.77. The lowest BCUT2D eigenvalue weighted by atomic mass is 9.97. The number of carbonyl (C=O) groups excluding carboxylic acids is 1. The van der Waals surface area contributed by atoms with Gasteiger partial charge >= 0.3 is 5.97 Å². The molecular weight excluding hydrogens is 396 g/mol. The van der Waals surface area contributed by atoms with Gasteiger partial charge in [0.15, 0.2) is 0 Å². The standard InChI is InChI=1S/C24H22N2O5/c1-16-8-13-20(17(2)14-16)22(15-18-9-11-19(12-10-18)26(28)29)25-31-24(27)21-6-4-5-7-23(21)30-3/h4-14H,15H2,1-3H3/b25-22+. The lowest BCUT2D eigenvalue weighted by Gasteiger charge is -2.11. The Balaban J connectivity index is 1.93. The number of hydrogen-bond donors (Lipinski definition) is 0. The Morgan fingerprint density at radius 1 is 1.00 bits per heavy atom. The van der Waals surface area contributed by atoms with E-state index in [4.69, 9.17) is 9.57 Å². The van der Waals surface area contributed by atoms with Gasteiger partial charge < -0.3 is 9.57 Å². The van der Waals surface area contributed by atoms with Crippen molar-refractivity contribution in [3.8, 4) is 5.75 Å². The predicted octanol–water partition coefficient (Wildman–Crippen LogP) is 5.02. The summed E-state index contributed by atoms with van der Waals surface area (Å²) in [5, 5.41) is 15.1. The van der Waals surface area contributed by atoms with Crippen molar-refractivity contribution in [3.05, 3.63) is 105 Å². The molecule has 3 rings (SSSR count). The van der Waals surface area contributed by atoms with Crippen LogP contribution in [0.2, 0.25) is 0 Å². The number of oxime groups is 1. The molecule has 0 aliphatic heterocycles. The van der Waals surface area contributed by atoms with Crippen molar-refractivity contribution in [2.75, 3.05) is 7.11 Å². The first kappa shape index (κ1) is 21.7. The van der Waals surface area contributed by atoms with Gasteiger partial charge in [-0.15, -0.1) is 0 Å². The second kappa shape index (κ2) is 9.67. The lowest BCUT2D eigenvalue weighted by molar-refractivity contribution is -0.384. The minimum absolute atomic E-state index is 0.0105. The third kappa shape index (κ3) is 5.33. The Bertz CT molecular complexity index is 1140. The van der Waals surface area contributed by atoms with E-state index >= 15 is 0 Å². The Morgan fingerprint density at radius 2 is 1.71 bits per heavy atom. The van der Waals surface area contributed by atoms with Crippen molar-refractivity contribution in [1.82, 2.24) is 0 Å². The number of aryl methyl sites for hydroxylation is 2. The van der Waals surface area contributed by atoms with E-state index in [1.807, 2.05) is 32.0 Å². The molecular formula is C24H22N2O5. The predicted molar refractivity (Wildman–Crippen MR) is 118 cm³/mol. The normalized spacial score (nSPS) is 11.1. The Labute approximate surface area is 180 Å². The van der Waals surface area contributed by atoms with Gasteiger partial charge in [-0.3, -0.25) is 10.1 Å². The number of nitrogens with zero attached hydrogens (tertiary/aromatic N) is 2. The number of para-hydroxylation sites is 1. The van der Waals surface area contributed by atoms with E-state index in [0.29, 0.717) is 17.9 Å². The first-order valence-corrected chi connectivity index (χ1v) is 9.61. The molecule has 0 aliphatic rings. The number of nitro benzene ring substituents is 1. The highest BCUT2D eigenvalue weighted by atomic mass is 16.7. The van der Waals surface area contributed by atoms with E-state index in [2.05, 4.69) is 5.16 Å². The Morgan fingerprint density at radius 3 is 2.35 bits per heavy atom. The van der Waals surface area contributed by atoms with Gasteiger partial charge in [0.25, 0.3) is 5.69 Å². The summed E-state index contributed by atoms with van der Waals surface area (Å²) in [5.74, 6) is -0.241. The number of ether oxygens (including phenoxy) is 1. The molecule has 0 atom stereocenters. The van der Waals surface area contributed by atoms with E-state index in [0.717, 1.165) is 22.3 Å². The first-order valence-electron chi connectivity index (χ1n) is 9.61. The van der Waals surface area contributed by atoms with E-state index in [9.17, 15) is 14.9 Å². The van der Waals surface area contributed by atoms with Crippen LogP contribution >= 0.6 is 0 Å². The number of nitro groups is 1. The van der Waals surface area contributed by atoms with Gasteiger partial charge in [0.1, 0.15) is 11.3 Å². The highest BCUT2D eigenvalue weighted by molar-refractivity contribution is 6.03. The van der Waals surface area contributed by atoms with Gasteiger partial charge in [-0.1, -0.05) is 53.2 Å².